The molecule has 0 unspecified atom stereocenters. The van der Waals surface area contributed by atoms with Crippen LogP contribution >= 0.6 is 11.6 Å². The summed E-state index contributed by atoms with van der Waals surface area (Å²) in [4.78, 5) is 39.8. The van der Waals surface area contributed by atoms with Gasteiger partial charge in [0.1, 0.15) is 5.82 Å². The number of amides is 2. The molecule has 1 saturated heterocycles. The molecular weight excluding hydrogens is 485 g/mol. The fourth-order valence-electron chi connectivity index (χ4n) is 4.67. The molecule has 0 bridgehead atoms. The number of hydrogen-bond donors (Lipinski definition) is 2. The number of likely N-dealkylation sites (tertiary alicyclic amines) is 1. The number of hydrogen-bond acceptors (Lipinski definition) is 5. The number of nitrogens with one attached hydrogen (secondary N) is 2. The van der Waals surface area contributed by atoms with E-state index < -0.39 is 17.1 Å². The first kappa shape index (κ1) is 27.6. The highest BCUT2D eigenvalue weighted by atomic mass is 35.5. The van der Waals surface area contributed by atoms with Crippen LogP contribution < -0.4 is 10.6 Å². The highest BCUT2D eigenvalue weighted by Gasteiger charge is 2.51. The molecule has 2 aromatic carbocycles. The smallest absolute Gasteiger partial charge is 0.305 e. The van der Waals surface area contributed by atoms with Crippen molar-refractivity contribution < 1.29 is 23.5 Å². The van der Waals surface area contributed by atoms with Gasteiger partial charge in [-0.2, -0.15) is 0 Å². The van der Waals surface area contributed by atoms with Crippen LogP contribution in [-0.4, -0.2) is 56.5 Å². The van der Waals surface area contributed by atoms with E-state index in [-0.39, 0.29) is 34.1 Å². The molecule has 0 saturated carbocycles. The van der Waals surface area contributed by atoms with Gasteiger partial charge in [0.15, 0.2) is 0 Å². The van der Waals surface area contributed by atoms with E-state index in [1.807, 2.05) is 24.3 Å². The number of benzene rings is 2. The van der Waals surface area contributed by atoms with Crippen LogP contribution in [0, 0.1) is 5.82 Å². The van der Waals surface area contributed by atoms with E-state index in [9.17, 15) is 18.8 Å². The third kappa shape index (κ3) is 5.87. The van der Waals surface area contributed by atoms with E-state index in [1.165, 1.54) is 20.2 Å². The lowest BCUT2D eigenvalue weighted by molar-refractivity contribution is -0.140. The van der Waals surface area contributed by atoms with Crippen LogP contribution in [0.5, 0.6) is 0 Å². The lowest BCUT2D eigenvalue weighted by Gasteiger charge is -2.50. The molecule has 1 fully saturated rings. The predicted molar refractivity (Wildman–Crippen MR) is 138 cm³/mol. The van der Waals surface area contributed by atoms with Crippen molar-refractivity contribution in [3.8, 4) is 0 Å². The Bertz CT molecular complexity index is 1130. The third-order valence-corrected chi connectivity index (χ3v) is 6.92. The fourth-order valence-corrected chi connectivity index (χ4v) is 4.83. The summed E-state index contributed by atoms with van der Waals surface area (Å²) in [6, 6.07) is 10.1. The van der Waals surface area contributed by atoms with Gasteiger partial charge in [-0.1, -0.05) is 49.7 Å². The molecule has 0 radical (unpaired) electrons. The number of carbonyl (C=O) groups is 3. The van der Waals surface area contributed by atoms with E-state index >= 15 is 0 Å². The molecule has 1 aliphatic rings. The normalized spacial score (nSPS) is 14.8. The van der Waals surface area contributed by atoms with Gasteiger partial charge in [-0.05, 0) is 48.6 Å². The van der Waals surface area contributed by atoms with Crippen molar-refractivity contribution in [1.82, 2.24) is 10.2 Å². The minimum atomic E-state index is -0.876. The average molecular weight is 518 g/mol. The topological polar surface area (TPSA) is 87.7 Å². The quantitative estimate of drug-likeness (QED) is 0.358. The number of unbranched alkanes of at least 4 members (excludes halogenated alkanes) is 1. The highest BCUT2D eigenvalue weighted by Crippen LogP contribution is 2.40. The van der Waals surface area contributed by atoms with Gasteiger partial charge in [-0.25, -0.2) is 4.39 Å². The monoisotopic (exact) mass is 517 g/mol. The summed E-state index contributed by atoms with van der Waals surface area (Å²) in [5.41, 5.74) is 1.26. The van der Waals surface area contributed by atoms with Crippen LogP contribution in [0.1, 0.15) is 60.5 Å². The second-order valence-corrected chi connectivity index (χ2v) is 9.82. The zero-order chi connectivity index (χ0) is 26.5. The van der Waals surface area contributed by atoms with E-state index in [2.05, 4.69) is 29.4 Å². The maximum atomic E-state index is 14.3. The van der Waals surface area contributed by atoms with E-state index in [1.54, 1.807) is 0 Å². The summed E-state index contributed by atoms with van der Waals surface area (Å²) in [5.74, 6) is -1.57. The van der Waals surface area contributed by atoms with Crippen molar-refractivity contribution in [2.75, 3.05) is 39.1 Å². The van der Waals surface area contributed by atoms with E-state index in [0.717, 1.165) is 30.2 Å². The minimum Gasteiger partial charge on any atom is -0.469 e. The summed E-state index contributed by atoms with van der Waals surface area (Å²) in [6.07, 6.45) is 1.85. The van der Waals surface area contributed by atoms with Gasteiger partial charge in [0, 0.05) is 26.6 Å². The second-order valence-electron chi connectivity index (χ2n) is 9.41. The molecule has 194 valence electrons. The van der Waals surface area contributed by atoms with Gasteiger partial charge >= 0.3 is 5.97 Å². The number of halogens is 2. The van der Waals surface area contributed by atoms with Crippen LogP contribution in [0.2, 0.25) is 5.02 Å². The number of anilines is 1. The number of esters is 1. The van der Waals surface area contributed by atoms with Crippen molar-refractivity contribution in [3.05, 3.63) is 63.9 Å². The Morgan fingerprint density at radius 3 is 2.50 bits per heavy atom. The fraction of sp³-hybridized carbons (Fsp3) is 0.444. The predicted octanol–water partition coefficient (Wildman–Crippen LogP) is 4.50. The lowest BCUT2D eigenvalue weighted by Crippen LogP contribution is -2.65. The molecular formula is C27H33ClFN3O4. The van der Waals surface area contributed by atoms with Crippen molar-refractivity contribution in [2.45, 2.75) is 44.4 Å². The number of rotatable bonds is 10. The van der Waals surface area contributed by atoms with Gasteiger partial charge < -0.3 is 20.3 Å². The molecule has 2 aromatic rings. The molecule has 7 nitrogen and oxygen atoms in total. The van der Waals surface area contributed by atoms with Crippen LogP contribution in [0.4, 0.5) is 10.1 Å². The molecule has 9 heteroatoms. The third-order valence-electron chi connectivity index (χ3n) is 6.63. The number of nitrogens with zero attached hydrogens (tertiary/aromatic N) is 1. The van der Waals surface area contributed by atoms with Crippen molar-refractivity contribution in [3.63, 3.8) is 0 Å². The average Bonchev–Trinajstić information content (AvgIpc) is 2.84. The molecule has 3 rings (SSSR count). The molecule has 1 heterocycles. The standard InChI is InChI=1S/C27H33ClFN3O4/c1-17(2)18-9-5-6-10-20(18)27(15-32(16-27)12-8-7-11-24(33)36-4)26(35)31-23-14-22(29)21(28)13-19(23)25(34)30-3/h5-6,9-10,13-14,17H,7-8,11-12,15-16H2,1-4H3,(H,30,34)(H,31,35). The molecule has 2 amide bonds. The Hall–Kier alpha value is -2.97. The Balaban J connectivity index is 1.89. The van der Waals surface area contributed by atoms with Gasteiger partial charge in [0.25, 0.3) is 5.91 Å². The SMILES string of the molecule is CNC(=O)c1cc(Cl)c(F)cc1NC(=O)C1(c2ccccc2C(C)C)CN(CCCCC(=O)OC)C1. The minimum absolute atomic E-state index is 0.0687. The van der Waals surface area contributed by atoms with Gasteiger partial charge in [-0.15, -0.1) is 0 Å². The van der Waals surface area contributed by atoms with Crippen molar-refractivity contribution in [1.29, 1.82) is 0 Å². The molecule has 0 aliphatic carbocycles. The maximum absolute atomic E-state index is 14.3. The second kappa shape index (κ2) is 11.8. The van der Waals surface area contributed by atoms with Gasteiger partial charge in [0.05, 0.1) is 28.8 Å². The Morgan fingerprint density at radius 1 is 1.17 bits per heavy atom. The summed E-state index contributed by atoms with van der Waals surface area (Å²) in [6.45, 7) is 5.81. The van der Waals surface area contributed by atoms with Crippen LogP contribution in [-0.2, 0) is 19.7 Å². The highest BCUT2D eigenvalue weighted by molar-refractivity contribution is 6.31. The van der Waals surface area contributed by atoms with Gasteiger partial charge in [-0.3, -0.25) is 14.4 Å². The zero-order valence-electron chi connectivity index (χ0n) is 21.1. The summed E-state index contributed by atoms with van der Waals surface area (Å²) in [7, 11) is 2.83. The summed E-state index contributed by atoms with van der Waals surface area (Å²) < 4.78 is 19.0. The molecule has 0 aromatic heterocycles. The Kier molecular flexibility index (Phi) is 9.08. The van der Waals surface area contributed by atoms with Crippen molar-refractivity contribution >= 4 is 35.1 Å². The molecule has 0 atom stereocenters. The number of carbonyl (C=O) groups excluding carboxylic acids is 3. The Morgan fingerprint density at radius 2 is 1.86 bits per heavy atom. The van der Waals surface area contributed by atoms with E-state index in [0.29, 0.717) is 25.9 Å². The molecule has 2 N–H and O–H groups in total. The van der Waals surface area contributed by atoms with Crippen LogP contribution in [0.15, 0.2) is 36.4 Å². The molecule has 1 aliphatic heterocycles. The number of methoxy groups -OCH3 is 1. The maximum Gasteiger partial charge on any atom is 0.305 e. The first-order valence-electron chi connectivity index (χ1n) is 12.0. The van der Waals surface area contributed by atoms with Crippen LogP contribution in [0.25, 0.3) is 0 Å². The first-order valence-corrected chi connectivity index (χ1v) is 12.4. The Labute approximate surface area is 216 Å². The van der Waals surface area contributed by atoms with E-state index in [4.69, 9.17) is 16.3 Å². The first-order chi connectivity index (χ1) is 17.1. The molecule has 0 spiro atoms. The summed E-state index contributed by atoms with van der Waals surface area (Å²) in [5, 5.41) is 5.12. The van der Waals surface area contributed by atoms with Gasteiger partial charge in [0.2, 0.25) is 5.91 Å². The molecule has 36 heavy (non-hydrogen) atoms. The largest absolute Gasteiger partial charge is 0.469 e. The van der Waals surface area contributed by atoms with Crippen LogP contribution in [0.3, 0.4) is 0 Å². The summed E-state index contributed by atoms with van der Waals surface area (Å²) >= 11 is 5.91. The zero-order valence-corrected chi connectivity index (χ0v) is 21.9. The number of ether oxygens (including phenoxy) is 1. The van der Waals surface area contributed by atoms with Crippen molar-refractivity contribution in [2.24, 2.45) is 0 Å². The lowest BCUT2D eigenvalue weighted by atomic mass is 9.69.